The second kappa shape index (κ2) is 8.13. The predicted molar refractivity (Wildman–Crippen MR) is 112 cm³/mol. The Morgan fingerprint density at radius 3 is 2.74 bits per heavy atom. The number of ether oxygens (including phenoxy) is 3. The smallest absolute Gasteiger partial charge is 0.410 e. The topological polar surface area (TPSA) is 94.9 Å². The van der Waals surface area contributed by atoms with E-state index in [9.17, 15) is 9.59 Å². The molecule has 0 bridgehead atoms. The summed E-state index contributed by atoms with van der Waals surface area (Å²) in [4.78, 5) is 27.0. The van der Waals surface area contributed by atoms with Crippen molar-refractivity contribution in [3.63, 3.8) is 0 Å². The summed E-state index contributed by atoms with van der Waals surface area (Å²) in [7, 11) is 1.81. The summed E-state index contributed by atoms with van der Waals surface area (Å²) < 4.78 is 18.8. The van der Waals surface area contributed by atoms with Gasteiger partial charge in [0.05, 0.1) is 13.1 Å². The minimum atomic E-state index is -0.576. The van der Waals surface area contributed by atoms with Crippen LogP contribution < -0.4 is 14.8 Å². The predicted octanol–water partition coefficient (Wildman–Crippen LogP) is 2.28. The first-order valence-corrected chi connectivity index (χ1v) is 10.4. The van der Waals surface area contributed by atoms with Crippen molar-refractivity contribution in [2.75, 3.05) is 19.7 Å². The fourth-order valence-electron chi connectivity index (χ4n) is 3.71. The molecule has 2 aliphatic rings. The van der Waals surface area contributed by atoms with Crippen molar-refractivity contribution in [3.8, 4) is 11.5 Å². The van der Waals surface area contributed by atoms with Gasteiger partial charge in [-0.2, -0.15) is 5.10 Å². The molecule has 9 heteroatoms. The van der Waals surface area contributed by atoms with E-state index in [1.54, 1.807) is 9.58 Å². The SMILES string of the molecule is Cn1nc(C(=O)NCC2COc3ccccc3O2)c2c1CCN(C(=O)OC(C)(C)C)C2. The molecule has 0 aliphatic carbocycles. The van der Waals surface area contributed by atoms with Gasteiger partial charge in [0.25, 0.3) is 5.91 Å². The number of rotatable bonds is 3. The van der Waals surface area contributed by atoms with Crippen LogP contribution in [0.15, 0.2) is 24.3 Å². The molecule has 31 heavy (non-hydrogen) atoms. The first kappa shape index (κ1) is 21.0. The lowest BCUT2D eigenvalue weighted by atomic mass is 10.0. The monoisotopic (exact) mass is 428 g/mol. The highest BCUT2D eigenvalue weighted by molar-refractivity contribution is 5.94. The van der Waals surface area contributed by atoms with Crippen molar-refractivity contribution in [1.82, 2.24) is 20.0 Å². The van der Waals surface area contributed by atoms with Gasteiger partial charge in [-0.15, -0.1) is 0 Å². The maximum Gasteiger partial charge on any atom is 0.410 e. The number of amides is 2. The Morgan fingerprint density at radius 2 is 2.00 bits per heavy atom. The van der Waals surface area contributed by atoms with E-state index in [2.05, 4.69) is 10.4 Å². The van der Waals surface area contributed by atoms with Gasteiger partial charge in [0.15, 0.2) is 17.2 Å². The van der Waals surface area contributed by atoms with E-state index < -0.39 is 5.60 Å². The van der Waals surface area contributed by atoms with Crippen molar-refractivity contribution in [3.05, 3.63) is 41.2 Å². The zero-order valence-electron chi connectivity index (χ0n) is 18.3. The van der Waals surface area contributed by atoms with Gasteiger partial charge < -0.3 is 24.4 Å². The standard InChI is InChI=1S/C22H28N4O5/c1-22(2,3)31-21(28)26-10-9-16-15(12-26)19(24-25(16)4)20(27)23-11-14-13-29-17-7-5-6-8-18(17)30-14/h5-8,14H,9-13H2,1-4H3,(H,23,27). The molecule has 1 unspecified atom stereocenters. The zero-order chi connectivity index (χ0) is 22.2. The van der Waals surface area contributed by atoms with Crippen LogP contribution in [0.25, 0.3) is 0 Å². The van der Waals surface area contributed by atoms with Gasteiger partial charge in [0.1, 0.15) is 18.3 Å². The van der Waals surface area contributed by atoms with Crippen molar-refractivity contribution in [2.45, 2.75) is 45.4 Å². The summed E-state index contributed by atoms with van der Waals surface area (Å²) in [5, 5.41) is 7.30. The summed E-state index contributed by atoms with van der Waals surface area (Å²) in [6.45, 7) is 6.95. The third-order valence-corrected chi connectivity index (χ3v) is 5.17. The first-order chi connectivity index (χ1) is 14.7. The van der Waals surface area contributed by atoms with E-state index in [0.29, 0.717) is 36.8 Å². The Morgan fingerprint density at radius 1 is 1.26 bits per heavy atom. The quantitative estimate of drug-likeness (QED) is 0.806. The second-order valence-electron chi connectivity index (χ2n) is 8.76. The molecule has 4 rings (SSSR count). The Bertz CT molecular complexity index is 994. The fraction of sp³-hybridized carbons (Fsp3) is 0.500. The van der Waals surface area contributed by atoms with Crippen LogP contribution in [0.2, 0.25) is 0 Å². The van der Waals surface area contributed by atoms with Crippen molar-refractivity contribution < 1.29 is 23.8 Å². The summed E-state index contributed by atoms with van der Waals surface area (Å²) in [6.07, 6.45) is -0.0710. The summed E-state index contributed by atoms with van der Waals surface area (Å²) in [6, 6.07) is 7.44. The van der Waals surface area contributed by atoms with Crippen molar-refractivity contribution in [1.29, 1.82) is 0 Å². The molecule has 1 N–H and O–H groups in total. The van der Waals surface area contributed by atoms with E-state index >= 15 is 0 Å². The zero-order valence-corrected chi connectivity index (χ0v) is 18.3. The molecule has 1 aromatic carbocycles. The molecule has 0 radical (unpaired) electrons. The molecular formula is C22H28N4O5. The molecular weight excluding hydrogens is 400 g/mol. The number of nitrogens with zero attached hydrogens (tertiary/aromatic N) is 3. The van der Waals surface area contributed by atoms with Crippen LogP contribution in [-0.4, -0.2) is 58.1 Å². The van der Waals surface area contributed by atoms with Gasteiger partial charge >= 0.3 is 6.09 Å². The molecule has 2 aliphatic heterocycles. The van der Waals surface area contributed by atoms with E-state index in [1.807, 2.05) is 52.1 Å². The van der Waals surface area contributed by atoms with E-state index in [-0.39, 0.29) is 31.2 Å². The van der Waals surface area contributed by atoms with E-state index in [4.69, 9.17) is 14.2 Å². The van der Waals surface area contributed by atoms with Crippen molar-refractivity contribution in [2.24, 2.45) is 7.05 Å². The van der Waals surface area contributed by atoms with Crippen LogP contribution in [-0.2, 0) is 24.8 Å². The number of para-hydroxylation sites is 2. The normalized spacial score (nSPS) is 17.7. The van der Waals surface area contributed by atoms with Gasteiger partial charge in [-0.05, 0) is 32.9 Å². The Labute approximate surface area is 181 Å². The Kier molecular flexibility index (Phi) is 5.51. The third-order valence-electron chi connectivity index (χ3n) is 5.17. The lowest BCUT2D eigenvalue weighted by Crippen LogP contribution is -2.42. The van der Waals surface area contributed by atoms with Crippen LogP contribution >= 0.6 is 0 Å². The molecule has 0 spiro atoms. The fourth-order valence-corrected chi connectivity index (χ4v) is 3.71. The van der Waals surface area contributed by atoms with Gasteiger partial charge in [-0.25, -0.2) is 4.79 Å². The highest BCUT2D eigenvalue weighted by Crippen LogP contribution is 2.30. The molecule has 1 atom stereocenters. The molecule has 0 saturated carbocycles. The van der Waals surface area contributed by atoms with Gasteiger partial charge in [0.2, 0.25) is 0 Å². The van der Waals surface area contributed by atoms with Gasteiger partial charge in [-0.3, -0.25) is 9.48 Å². The Hall–Kier alpha value is -3.23. The van der Waals surface area contributed by atoms with Crippen LogP contribution in [0.5, 0.6) is 11.5 Å². The Balaban J connectivity index is 1.41. The third kappa shape index (κ3) is 4.60. The van der Waals surface area contributed by atoms with E-state index in [1.165, 1.54) is 0 Å². The maximum atomic E-state index is 12.9. The number of hydrogen-bond acceptors (Lipinski definition) is 6. The number of nitrogens with one attached hydrogen (secondary N) is 1. The minimum Gasteiger partial charge on any atom is -0.486 e. The highest BCUT2D eigenvalue weighted by Gasteiger charge is 2.32. The number of carbonyl (C=O) groups excluding carboxylic acids is 2. The number of benzene rings is 1. The largest absolute Gasteiger partial charge is 0.486 e. The molecule has 2 amide bonds. The minimum absolute atomic E-state index is 0.286. The van der Waals surface area contributed by atoms with Crippen LogP contribution in [0.1, 0.15) is 42.5 Å². The van der Waals surface area contributed by atoms with Crippen molar-refractivity contribution >= 4 is 12.0 Å². The first-order valence-electron chi connectivity index (χ1n) is 10.4. The van der Waals surface area contributed by atoms with Gasteiger partial charge in [-0.1, -0.05) is 12.1 Å². The molecule has 9 nitrogen and oxygen atoms in total. The van der Waals surface area contributed by atoms with Crippen LogP contribution in [0.4, 0.5) is 4.79 Å². The number of fused-ring (bicyclic) bond motifs is 2. The average Bonchev–Trinajstić information content (AvgIpc) is 3.06. The highest BCUT2D eigenvalue weighted by atomic mass is 16.6. The average molecular weight is 428 g/mol. The number of aromatic nitrogens is 2. The lowest BCUT2D eigenvalue weighted by molar-refractivity contribution is 0.0221. The van der Waals surface area contributed by atoms with Crippen LogP contribution in [0, 0.1) is 0 Å². The van der Waals surface area contributed by atoms with E-state index in [0.717, 1.165) is 11.3 Å². The number of hydrogen-bond donors (Lipinski definition) is 1. The maximum absolute atomic E-state index is 12.9. The summed E-state index contributed by atoms with van der Waals surface area (Å²) in [5.41, 5.74) is 1.45. The second-order valence-corrected chi connectivity index (χ2v) is 8.76. The number of carbonyl (C=O) groups is 2. The molecule has 2 aromatic rings. The summed E-state index contributed by atoms with van der Waals surface area (Å²) >= 11 is 0. The summed E-state index contributed by atoms with van der Waals surface area (Å²) in [5.74, 6) is 1.06. The number of aryl methyl sites for hydroxylation is 1. The van der Waals surface area contributed by atoms with Gasteiger partial charge in [0, 0.05) is 31.3 Å². The molecule has 3 heterocycles. The molecule has 0 fully saturated rings. The lowest BCUT2D eigenvalue weighted by Gasteiger charge is -2.30. The molecule has 166 valence electrons. The van der Waals surface area contributed by atoms with Crippen LogP contribution in [0.3, 0.4) is 0 Å². The molecule has 0 saturated heterocycles. The molecule has 1 aromatic heterocycles.